The van der Waals surface area contributed by atoms with Crippen LogP contribution in [0.2, 0.25) is 0 Å². The van der Waals surface area contributed by atoms with Crippen molar-refractivity contribution in [1.82, 2.24) is 0 Å². The summed E-state index contributed by atoms with van der Waals surface area (Å²) in [5, 5.41) is 17.8. The summed E-state index contributed by atoms with van der Waals surface area (Å²) < 4.78 is 108. The van der Waals surface area contributed by atoms with E-state index in [1.807, 2.05) is 0 Å². The number of nitrogens with one attached hydrogen (secondary N) is 1. The first-order valence-electron chi connectivity index (χ1n) is 7.88. The molecule has 0 aliphatic carbocycles. The smallest absolute Gasteiger partial charge is 0.417 e. The predicted octanol–water partition coefficient (Wildman–Crippen LogP) is 3.96. The summed E-state index contributed by atoms with van der Waals surface area (Å²) in [6.45, 7) is 0. The highest BCUT2D eigenvalue weighted by atomic mass is 32.2. The van der Waals surface area contributed by atoms with Gasteiger partial charge in [0.25, 0.3) is 10.1 Å². The van der Waals surface area contributed by atoms with Crippen molar-refractivity contribution in [2.24, 2.45) is 0 Å². The van der Waals surface area contributed by atoms with Gasteiger partial charge in [0.1, 0.15) is 5.75 Å². The Kier molecular flexibility index (Phi) is 8.24. The van der Waals surface area contributed by atoms with Crippen molar-refractivity contribution < 1.29 is 49.2 Å². The van der Waals surface area contributed by atoms with Crippen LogP contribution < -0.4 is 9.84 Å². The molecule has 2 aromatic rings. The largest absolute Gasteiger partial charge is 0.859 e. The molecule has 0 heterocycles. The van der Waals surface area contributed by atoms with E-state index in [2.05, 4.69) is 0 Å². The molecular weight excluding hydrogens is 456 g/mol. The molecule has 31 heavy (non-hydrogen) atoms. The predicted molar refractivity (Wildman–Crippen MR) is 96.9 cm³/mol. The van der Waals surface area contributed by atoms with Gasteiger partial charge in [-0.1, -0.05) is 18.2 Å². The third kappa shape index (κ3) is 8.68. The van der Waals surface area contributed by atoms with Gasteiger partial charge in [0.15, 0.2) is 0 Å². The van der Waals surface area contributed by atoms with Crippen molar-refractivity contribution in [2.45, 2.75) is 12.4 Å². The Balaban J connectivity index is 0.000000316. The second-order valence-corrected chi connectivity index (χ2v) is 6.98. The minimum atomic E-state index is -5.12. The number of ether oxygens (including phenoxy) is 1. The number of halogens is 6. The molecule has 0 amide bonds. The summed E-state index contributed by atoms with van der Waals surface area (Å²) in [5.41, 5.74) is -3.74. The lowest BCUT2D eigenvalue weighted by atomic mass is 10.0. The molecule has 170 valence electrons. The molecule has 0 bridgehead atoms. The molecule has 0 aromatic heterocycles. The van der Waals surface area contributed by atoms with Crippen LogP contribution in [0.5, 0.6) is 5.75 Å². The molecule has 0 unspecified atom stereocenters. The Bertz CT molecular complexity index is 1060. The van der Waals surface area contributed by atoms with Crippen LogP contribution in [-0.4, -0.2) is 26.0 Å². The maximum absolute atomic E-state index is 12.4. The van der Waals surface area contributed by atoms with E-state index >= 15 is 0 Å². The first-order chi connectivity index (χ1) is 14.0. The van der Waals surface area contributed by atoms with Crippen molar-refractivity contribution >= 4 is 22.1 Å². The van der Waals surface area contributed by atoms with Gasteiger partial charge < -0.3 is 15.3 Å². The Morgan fingerprint density at radius 2 is 1.68 bits per heavy atom. The first-order valence-corrected chi connectivity index (χ1v) is 9.39. The highest BCUT2D eigenvalue weighted by Crippen LogP contribution is 2.37. The van der Waals surface area contributed by atoms with Crippen LogP contribution in [0.15, 0.2) is 47.9 Å². The van der Waals surface area contributed by atoms with E-state index in [4.69, 9.17) is 14.7 Å². The summed E-state index contributed by atoms with van der Waals surface area (Å²) in [7, 11) is -2.54. The number of methoxy groups -OCH3 is 1. The zero-order valence-electron chi connectivity index (χ0n) is 15.5. The van der Waals surface area contributed by atoms with Crippen molar-refractivity contribution in [3.05, 3.63) is 70.1 Å². The van der Waals surface area contributed by atoms with Crippen LogP contribution in [0.1, 0.15) is 22.3 Å². The van der Waals surface area contributed by atoms with Crippen molar-refractivity contribution in [3.8, 4) is 5.75 Å². The molecule has 0 saturated heterocycles. The standard InChI is InChI=1S/C9H5F6NO.C9H10O4S/c10-8(11,12)4-1-2-5(7(16)17)6(3-4)9(13,14)15;1-13-9-4-2-3-8(7-9)5-6-14(10,11)12/h1-3H,(H2,16,17);2-7H,1H3,(H,10,11,12)/p-1/b;6-5+. The molecule has 2 aromatic carbocycles. The lowest BCUT2D eigenvalue weighted by Crippen LogP contribution is -2.23. The SMILES string of the molecule is COc1cccc(/C=C/S(=O)(=O)O)c1.N=C([O-])c1ccc(C(F)(F)F)cc1C(F)(F)F. The quantitative estimate of drug-likeness (QED) is 0.304. The zero-order valence-corrected chi connectivity index (χ0v) is 16.3. The van der Waals surface area contributed by atoms with Crippen LogP contribution >= 0.6 is 0 Å². The molecule has 13 heteroatoms. The first kappa shape index (κ1) is 26.0. The minimum absolute atomic E-state index is 0.179. The Labute approximate surface area is 172 Å². The van der Waals surface area contributed by atoms with Crippen molar-refractivity contribution in [1.29, 1.82) is 5.41 Å². The highest BCUT2D eigenvalue weighted by molar-refractivity contribution is 7.88. The van der Waals surface area contributed by atoms with Crippen LogP contribution in [0.4, 0.5) is 26.3 Å². The monoisotopic (exact) mass is 470 g/mol. The molecule has 0 atom stereocenters. The Morgan fingerprint density at radius 1 is 1.06 bits per heavy atom. The molecule has 0 aliphatic heterocycles. The van der Waals surface area contributed by atoms with Gasteiger partial charge in [-0.2, -0.15) is 34.8 Å². The minimum Gasteiger partial charge on any atom is -0.859 e. The van der Waals surface area contributed by atoms with E-state index in [1.165, 1.54) is 13.2 Å². The maximum Gasteiger partial charge on any atom is 0.417 e. The molecule has 0 fully saturated rings. The lowest BCUT2D eigenvalue weighted by Gasteiger charge is -2.18. The van der Waals surface area contributed by atoms with Gasteiger partial charge in [0.05, 0.1) is 23.6 Å². The Hall–Kier alpha value is -3.06. The number of hydrogen-bond donors (Lipinski definition) is 2. The average Bonchev–Trinajstić information content (AvgIpc) is 2.64. The summed E-state index contributed by atoms with van der Waals surface area (Å²) in [5.74, 6) is -1.06. The van der Waals surface area contributed by atoms with Crippen molar-refractivity contribution in [2.75, 3.05) is 7.11 Å². The fourth-order valence-electron chi connectivity index (χ4n) is 2.06. The van der Waals surface area contributed by atoms with Crippen molar-refractivity contribution in [3.63, 3.8) is 0 Å². The molecule has 0 spiro atoms. The topological polar surface area (TPSA) is 111 Å². The molecule has 0 saturated carbocycles. The van der Waals surface area contributed by atoms with E-state index in [9.17, 15) is 39.9 Å². The third-order valence-corrected chi connectivity index (χ3v) is 3.90. The average molecular weight is 470 g/mol. The fourth-order valence-corrected chi connectivity index (χ4v) is 2.39. The van der Waals surface area contributed by atoms with Gasteiger partial charge >= 0.3 is 12.4 Å². The number of benzene rings is 2. The number of alkyl halides is 6. The second kappa shape index (κ2) is 9.83. The van der Waals surface area contributed by atoms with E-state index < -0.39 is 45.1 Å². The second-order valence-electron chi connectivity index (χ2n) is 5.68. The summed E-state index contributed by atoms with van der Waals surface area (Å²) >= 11 is 0. The van der Waals surface area contributed by atoms with Crippen LogP contribution in [0.3, 0.4) is 0 Å². The van der Waals surface area contributed by atoms with Gasteiger partial charge in [-0.3, -0.25) is 4.55 Å². The molecule has 0 radical (unpaired) electrons. The highest BCUT2D eigenvalue weighted by Gasteiger charge is 2.37. The number of hydrogen-bond acceptors (Lipinski definition) is 5. The lowest BCUT2D eigenvalue weighted by molar-refractivity contribution is -0.215. The molecule has 0 aliphatic rings. The Morgan fingerprint density at radius 3 is 2.13 bits per heavy atom. The van der Waals surface area contributed by atoms with Gasteiger partial charge in [-0.25, -0.2) is 0 Å². The number of rotatable bonds is 4. The van der Waals surface area contributed by atoms with Gasteiger partial charge in [0.2, 0.25) is 0 Å². The van der Waals surface area contributed by atoms with Crippen LogP contribution in [0, 0.1) is 5.41 Å². The molecule has 2 rings (SSSR count). The van der Waals surface area contributed by atoms with Gasteiger partial charge in [0, 0.05) is 0 Å². The maximum atomic E-state index is 12.4. The van der Waals surface area contributed by atoms with Gasteiger partial charge in [-0.05, 0) is 47.4 Å². The summed E-state index contributed by atoms with van der Waals surface area (Å²) in [4.78, 5) is 0. The fraction of sp³-hybridized carbons (Fsp3) is 0.167. The van der Waals surface area contributed by atoms with E-state index in [-0.39, 0.29) is 6.07 Å². The normalized spacial score (nSPS) is 12.3. The van der Waals surface area contributed by atoms with E-state index in [0.717, 1.165) is 5.41 Å². The van der Waals surface area contributed by atoms with Gasteiger partial charge in [-0.15, -0.1) is 0 Å². The zero-order chi connectivity index (χ0) is 24.0. The van der Waals surface area contributed by atoms with E-state index in [0.29, 0.717) is 23.4 Å². The van der Waals surface area contributed by atoms with E-state index in [1.54, 1.807) is 24.3 Å². The molecule has 6 nitrogen and oxygen atoms in total. The van der Waals surface area contributed by atoms with Crippen LogP contribution in [-0.2, 0) is 22.5 Å². The summed E-state index contributed by atoms with van der Waals surface area (Å²) in [6.07, 6.45) is -8.77. The molecular formula is C18H14F6NO5S-. The molecule has 2 N–H and O–H groups in total. The summed E-state index contributed by atoms with van der Waals surface area (Å²) in [6, 6.07) is 7.32. The van der Waals surface area contributed by atoms with Crippen LogP contribution in [0.25, 0.3) is 6.08 Å². The third-order valence-electron chi connectivity index (χ3n) is 3.42.